The van der Waals surface area contributed by atoms with Crippen molar-refractivity contribution >= 4 is 53.1 Å². The molecule has 0 unspecified atom stereocenters. The van der Waals surface area contributed by atoms with E-state index in [9.17, 15) is 4.79 Å². The lowest BCUT2D eigenvalue weighted by Gasteiger charge is -2.30. The molecule has 0 saturated heterocycles. The molecule has 1 aromatic rings. The van der Waals surface area contributed by atoms with Gasteiger partial charge < -0.3 is 20.7 Å². The first-order chi connectivity index (χ1) is 14.0. The third-order valence-electron chi connectivity index (χ3n) is 5.54. The van der Waals surface area contributed by atoms with Gasteiger partial charge in [0.2, 0.25) is 5.91 Å². The summed E-state index contributed by atoms with van der Waals surface area (Å²) in [6.07, 6.45) is 6.42. The summed E-state index contributed by atoms with van der Waals surface area (Å²) in [5.74, 6) is 0.650. The molecule has 3 N–H and O–H groups in total. The van der Waals surface area contributed by atoms with E-state index >= 15 is 0 Å². The molecule has 6 nitrogen and oxygen atoms in total. The normalized spacial score (nSPS) is 15.4. The van der Waals surface area contributed by atoms with Crippen molar-refractivity contribution in [3.05, 3.63) is 28.8 Å². The van der Waals surface area contributed by atoms with Crippen LogP contribution in [0.15, 0.2) is 23.2 Å². The predicted octanol–water partition coefficient (Wildman–Crippen LogP) is 4.75. The Bertz CT molecular complexity index is 694. The minimum Gasteiger partial charge on any atom is -0.382 e. The molecule has 1 fully saturated rings. The van der Waals surface area contributed by atoms with Crippen LogP contribution in [-0.2, 0) is 9.53 Å². The van der Waals surface area contributed by atoms with Crippen LogP contribution in [0, 0.1) is 12.3 Å². The van der Waals surface area contributed by atoms with Gasteiger partial charge in [-0.25, -0.2) is 0 Å². The number of hydrogen-bond acceptors (Lipinski definition) is 3. The number of ether oxygens (including phenoxy) is 1. The predicted molar refractivity (Wildman–Crippen MR) is 136 cm³/mol. The smallest absolute Gasteiger partial charge is 0.226 e. The number of amides is 1. The third kappa shape index (κ3) is 8.98. The molecule has 8 heteroatoms. The molecule has 170 valence electrons. The summed E-state index contributed by atoms with van der Waals surface area (Å²) in [5.41, 5.74) is 1.99. The van der Waals surface area contributed by atoms with Gasteiger partial charge in [-0.15, -0.1) is 24.0 Å². The van der Waals surface area contributed by atoms with Gasteiger partial charge in [0.1, 0.15) is 0 Å². The summed E-state index contributed by atoms with van der Waals surface area (Å²) in [6, 6.07) is 5.59. The number of aryl methyl sites for hydroxylation is 1. The summed E-state index contributed by atoms with van der Waals surface area (Å²) >= 11 is 6.17. The minimum absolute atomic E-state index is 0. The van der Waals surface area contributed by atoms with Crippen molar-refractivity contribution < 1.29 is 9.53 Å². The fraction of sp³-hybridized carbons (Fsp3) is 0.636. The molecule has 0 heterocycles. The minimum atomic E-state index is -0.0808. The molecule has 0 aliphatic heterocycles. The number of guanidine groups is 1. The highest BCUT2D eigenvalue weighted by molar-refractivity contribution is 14.0. The van der Waals surface area contributed by atoms with E-state index in [0.29, 0.717) is 23.7 Å². The Labute approximate surface area is 203 Å². The number of nitrogens with one attached hydrogen (secondary N) is 3. The zero-order valence-electron chi connectivity index (χ0n) is 18.4. The maximum Gasteiger partial charge on any atom is 0.226 e. The lowest BCUT2D eigenvalue weighted by atomic mass is 9.83. The maximum absolute atomic E-state index is 12.2. The molecule has 0 bridgehead atoms. The molecule has 0 aromatic heterocycles. The standard InChI is InChI=1S/C22H35ClN4O2.HI/c1-4-29-14-12-22(10-5-6-11-22)16-26-21(24-3)25-13-9-20(28)27-19-8-7-17(2)15-18(19)23;/h7-8,15H,4-6,9-14,16H2,1-3H3,(H,27,28)(H2,24,25,26);1H. The van der Waals surface area contributed by atoms with Crippen LogP contribution in [0.4, 0.5) is 5.69 Å². The van der Waals surface area contributed by atoms with Gasteiger partial charge in [-0.2, -0.15) is 0 Å². The van der Waals surface area contributed by atoms with Crippen LogP contribution in [0.5, 0.6) is 0 Å². The molecule has 0 radical (unpaired) electrons. The highest BCUT2D eigenvalue weighted by Gasteiger charge is 2.33. The summed E-state index contributed by atoms with van der Waals surface area (Å²) in [5, 5.41) is 10.1. The van der Waals surface area contributed by atoms with Crippen LogP contribution in [0.3, 0.4) is 0 Å². The maximum atomic E-state index is 12.2. The average Bonchev–Trinajstić information content (AvgIpc) is 3.16. The van der Waals surface area contributed by atoms with E-state index in [-0.39, 0.29) is 35.3 Å². The quantitative estimate of drug-likeness (QED) is 0.170. The van der Waals surface area contributed by atoms with Gasteiger partial charge in [0.25, 0.3) is 0 Å². The van der Waals surface area contributed by atoms with Crippen molar-refractivity contribution in [2.45, 2.75) is 52.4 Å². The van der Waals surface area contributed by atoms with Gasteiger partial charge in [-0.3, -0.25) is 9.79 Å². The third-order valence-corrected chi connectivity index (χ3v) is 5.86. The second-order valence-electron chi connectivity index (χ2n) is 7.79. The van der Waals surface area contributed by atoms with Gasteiger partial charge in [0, 0.05) is 39.8 Å². The zero-order valence-corrected chi connectivity index (χ0v) is 21.4. The van der Waals surface area contributed by atoms with E-state index in [1.807, 2.05) is 32.0 Å². The van der Waals surface area contributed by atoms with Crippen LogP contribution in [-0.4, -0.2) is 45.2 Å². The van der Waals surface area contributed by atoms with Gasteiger partial charge >= 0.3 is 0 Å². The largest absolute Gasteiger partial charge is 0.382 e. The van der Waals surface area contributed by atoms with E-state index in [4.69, 9.17) is 16.3 Å². The van der Waals surface area contributed by atoms with E-state index in [1.54, 1.807) is 7.05 Å². The molecule has 1 aromatic carbocycles. The summed E-state index contributed by atoms with van der Waals surface area (Å²) in [4.78, 5) is 16.5. The summed E-state index contributed by atoms with van der Waals surface area (Å²) < 4.78 is 5.58. The van der Waals surface area contributed by atoms with Gasteiger partial charge in [0.05, 0.1) is 10.7 Å². The average molecular weight is 551 g/mol. The number of anilines is 1. The Balaban J connectivity index is 0.00000450. The molecule has 0 spiro atoms. The van der Waals surface area contributed by atoms with Crippen LogP contribution >= 0.6 is 35.6 Å². The Morgan fingerprint density at radius 1 is 1.27 bits per heavy atom. The highest BCUT2D eigenvalue weighted by atomic mass is 127. The van der Waals surface area contributed by atoms with Gasteiger partial charge in [0.15, 0.2) is 5.96 Å². The highest BCUT2D eigenvalue weighted by Crippen LogP contribution is 2.40. The molecule has 1 aliphatic carbocycles. The lowest BCUT2D eigenvalue weighted by Crippen LogP contribution is -2.44. The number of hydrogen-bond donors (Lipinski definition) is 3. The van der Waals surface area contributed by atoms with Crippen molar-refractivity contribution in [3.8, 4) is 0 Å². The van der Waals surface area contributed by atoms with Gasteiger partial charge in [-0.05, 0) is 56.2 Å². The first-order valence-electron chi connectivity index (χ1n) is 10.6. The lowest BCUT2D eigenvalue weighted by molar-refractivity contribution is -0.116. The fourth-order valence-corrected chi connectivity index (χ4v) is 4.08. The second kappa shape index (κ2) is 14.1. The topological polar surface area (TPSA) is 74.8 Å². The Morgan fingerprint density at radius 2 is 2.00 bits per heavy atom. The van der Waals surface area contributed by atoms with E-state index in [2.05, 4.69) is 20.9 Å². The first kappa shape index (κ1) is 27.0. The number of rotatable bonds is 10. The molecular formula is C22H36ClIN4O2. The second-order valence-corrected chi connectivity index (χ2v) is 8.20. The van der Waals surface area contributed by atoms with Crippen molar-refractivity contribution in [1.82, 2.24) is 10.6 Å². The molecule has 1 amide bonds. The van der Waals surface area contributed by atoms with Crippen LogP contribution in [0.2, 0.25) is 5.02 Å². The van der Waals surface area contributed by atoms with Crippen LogP contribution in [0.1, 0.15) is 51.0 Å². The van der Waals surface area contributed by atoms with E-state index < -0.39 is 0 Å². The summed E-state index contributed by atoms with van der Waals surface area (Å²) in [7, 11) is 1.75. The van der Waals surface area contributed by atoms with E-state index in [0.717, 1.165) is 37.7 Å². The Morgan fingerprint density at radius 3 is 2.63 bits per heavy atom. The summed E-state index contributed by atoms with van der Waals surface area (Å²) in [6.45, 7) is 6.96. The fourth-order valence-electron chi connectivity index (χ4n) is 3.79. The van der Waals surface area contributed by atoms with Crippen LogP contribution in [0.25, 0.3) is 0 Å². The molecule has 30 heavy (non-hydrogen) atoms. The number of carbonyl (C=O) groups is 1. The SMILES string of the molecule is CCOCCC1(CNC(=NC)NCCC(=O)Nc2ccc(C)cc2Cl)CCCC1.I. The Kier molecular flexibility index (Phi) is 12.7. The molecule has 0 atom stereocenters. The first-order valence-corrected chi connectivity index (χ1v) is 10.9. The van der Waals surface area contributed by atoms with Crippen LogP contribution < -0.4 is 16.0 Å². The van der Waals surface area contributed by atoms with Crippen molar-refractivity contribution in [1.29, 1.82) is 0 Å². The molecule has 2 rings (SSSR count). The van der Waals surface area contributed by atoms with Crippen molar-refractivity contribution in [2.24, 2.45) is 10.4 Å². The van der Waals surface area contributed by atoms with Crippen molar-refractivity contribution in [2.75, 3.05) is 38.7 Å². The van der Waals surface area contributed by atoms with Crippen molar-refractivity contribution in [3.63, 3.8) is 0 Å². The Hall–Kier alpha value is -1.06. The molecular weight excluding hydrogens is 515 g/mol. The molecule has 1 saturated carbocycles. The van der Waals surface area contributed by atoms with E-state index in [1.165, 1.54) is 25.7 Å². The monoisotopic (exact) mass is 550 g/mol. The zero-order chi connectivity index (χ0) is 21.1. The molecule has 1 aliphatic rings. The number of nitrogens with zero attached hydrogens (tertiary/aromatic N) is 1. The number of benzene rings is 1. The number of carbonyl (C=O) groups excluding carboxylic acids is 1. The number of aliphatic imine (C=N–C) groups is 1. The number of halogens is 2. The van der Waals surface area contributed by atoms with Gasteiger partial charge in [-0.1, -0.05) is 30.5 Å².